The Morgan fingerprint density at radius 1 is 1.27 bits per heavy atom. The second kappa shape index (κ2) is 9.43. The van der Waals surface area contributed by atoms with Crippen molar-refractivity contribution in [2.24, 2.45) is 0 Å². The number of nitrogens with one attached hydrogen (secondary N) is 2. The van der Waals surface area contributed by atoms with Crippen LogP contribution in [0.2, 0.25) is 0 Å². The third kappa shape index (κ3) is 4.41. The number of aryl methyl sites for hydroxylation is 1. The van der Waals surface area contributed by atoms with Crippen molar-refractivity contribution in [3.05, 3.63) is 64.9 Å². The zero-order chi connectivity index (χ0) is 20.8. The van der Waals surface area contributed by atoms with Gasteiger partial charge in [-0.2, -0.15) is 5.10 Å². The zero-order valence-electron chi connectivity index (χ0n) is 17.4. The topological polar surface area (TPSA) is 73.9 Å². The molecule has 0 spiro atoms. The number of nitrogens with zero attached hydrogens (tertiary/aromatic N) is 3. The molecule has 6 nitrogen and oxygen atoms in total. The molecule has 7 heteroatoms. The molecule has 1 saturated heterocycles. The van der Waals surface area contributed by atoms with Crippen molar-refractivity contribution < 1.29 is 4.79 Å². The van der Waals surface area contributed by atoms with Crippen LogP contribution in [0, 0.1) is 0 Å². The highest BCUT2D eigenvalue weighted by atomic mass is 32.1. The summed E-state index contributed by atoms with van der Waals surface area (Å²) in [6, 6.07) is 10.7. The molecule has 3 heterocycles. The molecule has 2 N–H and O–H groups in total. The zero-order valence-corrected chi connectivity index (χ0v) is 18.3. The third-order valence-electron chi connectivity index (χ3n) is 6.00. The van der Waals surface area contributed by atoms with E-state index in [9.17, 15) is 4.79 Å². The summed E-state index contributed by atoms with van der Waals surface area (Å²) in [5.41, 5.74) is 3.37. The van der Waals surface area contributed by atoms with Crippen molar-refractivity contribution in [1.82, 2.24) is 20.1 Å². The van der Waals surface area contributed by atoms with Crippen LogP contribution in [0.3, 0.4) is 0 Å². The van der Waals surface area contributed by atoms with E-state index in [1.54, 1.807) is 17.5 Å². The standard InChI is InChI=1S/C23H29N5OS/c1-2-12-24-22-27-20(17-30-22)23(19-6-4-3-5-7-19)10-13-28(14-11-23)21(29)9-8-18-15-25-26-16-18/h3-7,15-17H,2,8-14H2,1H3,(H,24,27)(H,25,26). The average molecular weight is 424 g/mol. The third-order valence-corrected chi connectivity index (χ3v) is 6.80. The molecule has 0 unspecified atom stereocenters. The number of amides is 1. The van der Waals surface area contributed by atoms with Gasteiger partial charge in [0, 0.05) is 43.0 Å². The molecule has 4 rings (SSSR count). The Kier molecular flexibility index (Phi) is 6.47. The van der Waals surface area contributed by atoms with Gasteiger partial charge in [0.2, 0.25) is 5.91 Å². The first kappa shape index (κ1) is 20.6. The SMILES string of the molecule is CCCNc1nc(C2(c3ccccc3)CCN(C(=O)CCc3cn[nH]c3)CC2)cs1. The van der Waals surface area contributed by atoms with Gasteiger partial charge in [0.25, 0.3) is 0 Å². The summed E-state index contributed by atoms with van der Waals surface area (Å²) in [5, 5.41) is 13.4. The van der Waals surface area contributed by atoms with E-state index in [1.165, 1.54) is 5.56 Å². The molecule has 0 atom stereocenters. The lowest BCUT2D eigenvalue weighted by Crippen LogP contribution is -2.46. The molecular formula is C23H29N5OS. The van der Waals surface area contributed by atoms with Gasteiger partial charge in [-0.1, -0.05) is 37.3 Å². The normalized spacial score (nSPS) is 15.8. The van der Waals surface area contributed by atoms with Crippen LogP contribution < -0.4 is 5.32 Å². The van der Waals surface area contributed by atoms with Gasteiger partial charge in [0.05, 0.1) is 11.9 Å². The molecule has 1 fully saturated rings. The second-order valence-electron chi connectivity index (χ2n) is 7.90. The number of hydrogen-bond acceptors (Lipinski definition) is 5. The van der Waals surface area contributed by atoms with Crippen LogP contribution in [0.5, 0.6) is 0 Å². The average Bonchev–Trinajstić information content (AvgIpc) is 3.49. The van der Waals surface area contributed by atoms with Crippen molar-refractivity contribution in [3.8, 4) is 0 Å². The molecule has 1 aliphatic rings. The van der Waals surface area contributed by atoms with E-state index in [0.29, 0.717) is 6.42 Å². The van der Waals surface area contributed by atoms with E-state index in [1.807, 2.05) is 11.1 Å². The highest BCUT2D eigenvalue weighted by Crippen LogP contribution is 2.42. The molecule has 0 bridgehead atoms. The van der Waals surface area contributed by atoms with Gasteiger partial charge in [-0.25, -0.2) is 4.98 Å². The first-order valence-corrected chi connectivity index (χ1v) is 11.6. The van der Waals surface area contributed by atoms with Crippen LogP contribution in [-0.2, 0) is 16.6 Å². The van der Waals surface area contributed by atoms with Gasteiger partial charge < -0.3 is 10.2 Å². The highest BCUT2D eigenvalue weighted by molar-refractivity contribution is 7.13. The summed E-state index contributed by atoms with van der Waals surface area (Å²) < 4.78 is 0. The van der Waals surface area contributed by atoms with Gasteiger partial charge in [-0.05, 0) is 36.8 Å². The molecule has 3 aromatic rings. The van der Waals surface area contributed by atoms with Crippen molar-refractivity contribution in [2.75, 3.05) is 25.0 Å². The summed E-state index contributed by atoms with van der Waals surface area (Å²) in [7, 11) is 0. The number of rotatable bonds is 8. The van der Waals surface area contributed by atoms with Crippen LogP contribution in [0.15, 0.2) is 48.1 Å². The number of carbonyl (C=O) groups is 1. The first-order chi connectivity index (χ1) is 14.7. The van der Waals surface area contributed by atoms with E-state index in [-0.39, 0.29) is 11.3 Å². The maximum atomic E-state index is 12.8. The Morgan fingerprint density at radius 2 is 2.07 bits per heavy atom. The fourth-order valence-corrected chi connectivity index (χ4v) is 5.06. The fourth-order valence-electron chi connectivity index (χ4n) is 4.22. The number of anilines is 1. The van der Waals surface area contributed by atoms with Crippen molar-refractivity contribution in [3.63, 3.8) is 0 Å². The molecule has 0 aliphatic carbocycles. The van der Waals surface area contributed by atoms with Crippen LogP contribution in [0.25, 0.3) is 0 Å². The Hall–Kier alpha value is -2.67. The highest BCUT2D eigenvalue weighted by Gasteiger charge is 2.40. The number of hydrogen-bond donors (Lipinski definition) is 2. The number of aromatic nitrogens is 3. The predicted molar refractivity (Wildman–Crippen MR) is 121 cm³/mol. The Balaban J connectivity index is 1.48. The lowest BCUT2D eigenvalue weighted by molar-refractivity contribution is -0.132. The van der Waals surface area contributed by atoms with Crippen LogP contribution in [0.1, 0.15) is 49.4 Å². The number of likely N-dealkylation sites (tertiary alicyclic amines) is 1. The fraction of sp³-hybridized carbons (Fsp3) is 0.435. The lowest BCUT2D eigenvalue weighted by atomic mass is 9.70. The number of piperidine rings is 1. The number of thiazole rings is 1. The van der Waals surface area contributed by atoms with Gasteiger partial charge in [-0.15, -0.1) is 11.3 Å². The number of aromatic amines is 1. The molecule has 1 aromatic carbocycles. The molecule has 2 aromatic heterocycles. The Labute approximate surface area is 181 Å². The second-order valence-corrected chi connectivity index (χ2v) is 8.76. The minimum atomic E-state index is -0.134. The summed E-state index contributed by atoms with van der Waals surface area (Å²) in [6.07, 6.45) is 7.77. The number of benzene rings is 1. The van der Waals surface area contributed by atoms with Crippen molar-refractivity contribution in [1.29, 1.82) is 0 Å². The van der Waals surface area contributed by atoms with Crippen LogP contribution in [0.4, 0.5) is 5.13 Å². The lowest BCUT2D eigenvalue weighted by Gasteiger charge is -2.41. The van der Waals surface area contributed by atoms with Gasteiger partial charge >= 0.3 is 0 Å². The molecule has 30 heavy (non-hydrogen) atoms. The van der Waals surface area contributed by atoms with Gasteiger partial charge in [0.1, 0.15) is 0 Å². The van der Waals surface area contributed by atoms with E-state index >= 15 is 0 Å². The van der Waals surface area contributed by atoms with Gasteiger partial charge in [0.15, 0.2) is 5.13 Å². The van der Waals surface area contributed by atoms with E-state index < -0.39 is 0 Å². The summed E-state index contributed by atoms with van der Waals surface area (Å²) in [5.74, 6) is 0.224. The molecular weight excluding hydrogens is 394 g/mol. The largest absolute Gasteiger partial charge is 0.362 e. The molecule has 0 radical (unpaired) electrons. The predicted octanol–water partition coefficient (Wildman–Crippen LogP) is 4.23. The minimum Gasteiger partial charge on any atom is -0.362 e. The quantitative estimate of drug-likeness (QED) is 0.569. The maximum Gasteiger partial charge on any atom is 0.222 e. The van der Waals surface area contributed by atoms with Crippen LogP contribution in [-0.4, -0.2) is 45.6 Å². The van der Waals surface area contributed by atoms with E-state index in [0.717, 1.165) is 61.7 Å². The maximum absolute atomic E-state index is 12.8. The number of carbonyl (C=O) groups excluding carboxylic acids is 1. The molecule has 1 amide bonds. The van der Waals surface area contributed by atoms with E-state index in [4.69, 9.17) is 4.98 Å². The first-order valence-electron chi connectivity index (χ1n) is 10.7. The van der Waals surface area contributed by atoms with Gasteiger partial charge in [-0.3, -0.25) is 9.89 Å². The monoisotopic (exact) mass is 423 g/mol. The van der Waals surface area contributed by atoms with Crippen molar-refractivity contribution in [2.45, 2.75) is 44.4 Å². The Bertz CT molecular complexity index is 930. The molecule has 158 valence electrons. The molecule has 0 saturated carbocycles. The van der Waals surface area contributed by atoms with Crippen molar-refractivity contribution >= 4 is 22.4 Å². The summed E-state index contributed by atoms with van der Waals surface area (Å²) in [6.45, 7) is 4.61. The van der Waals surface area contributed by atoms with Crippen LogP contribution >= 0.6 is 11.3 Å². The van der Waals surface area contributed by atoms with E-state index in [2.05, 4.69) is 58.1 Å². The Morgan fingerprint density at radius 3 is 2.77 bits per heavy atom. The summed E-state index contributed by atoms with van der Waals surface area (Å²) in [4.78, 5) is 19.7. The minimum absolute atomic E-state index is 0.134. The summed E-state index contributed by atoms with van der Waals surface area (Å²) >= 11 is 1.68. The molecule has 1 aliphatic heterocycles. The number of H-pyrrole nitrogens is 1. The smallest absolute Gasteiger partial charge is 0.222 e.